The highest BCUT2D eigenvalue weighted by Crippen LogP contribution is 2.37. The zero-order valence-electron chi connectivity index (χ0n) is 13.0. The zero-order valence-corrected chi connectivity index (χ0v) is 15.4. The number of furan rings is 1. The summed E-state index contributed by atoms with van der Waals surface area (Å²) in [5.41, 5.74) is 1.77. The van der Waals surface area contributed by atoms with Crippen molar-refractivity contribution in [1.82, 2.24) is 5.32 Å². The average molecular weight is 413 g/mol. The van der Waals surface area contributed by atoms with Crippen LogP contribution in [0.5, 0.6) is 0 Å². The van der Waals surface area contributed by atoms with E-state index in [1.165, 1.54) is 11.8 Å². The van der Waals surface area contributed by atoms with Gasteiger partial charge >= 0.3 is 0 Å². The predicted molar refractivity (Wildman–Crippen MR) is 104 cm³/mol. The number of benzene rings is 2. The first kappa shape index (κ1) is 16.2. The highest BCUT2D eigenvalue weighted by molar-refractivity contribution is 9.10. The fourth-order valence-corrected chi connectivity index (χ4v) is 3.70. The van der Waals surface area contributed by atoms with E-state index in [-0.39, 0.29) is 5.91 Å². The minimum absolute atomic E-state index is 0.114. The standard InChI is InChI=1S/C19H13BrN2O2S/c20-13-8-6-12(7-9-13)15-10-11-16(24-15)17-18(23)22-19(25-17)21-14-4-2-1-3-5-14/h1-11,17H,(H,21,22,23). The van der Waals surface area contributed by atoms with Crippen LogP contribution in [0.25, 0.3) is 11.3 Å². The molecule has 0 spiro atoms. The van der Waals surface area contributed by atoms with Crippen molar-refractivity contribution in [3.63, 3.8) is 0 Å². The van der Waals surface area contributed by atoms with Crippen LogP contribution in [0.2, 0.25) is 0 Å². The van der Waals surface area contributed by atoms with Gasteiger partial charge in [-0.15, -0.1) is 0 Å². The Labute approximate surface area is 157 Å². The second kappa shape index (κ2) is 6.90. The Morgan fingerprint density at radius 3 is 2.52 bits per heavy atom. The van der Waals surface area contributed by atoms with Gasteiger partial charge in [-0.25, -0.2) is 4.99 Å². The number of nitrogens with one attached hydrogen (secondary N) is 1. The number of carbonyl (C=O) groups excluding carboxylic acids is 1. The maximum absolute atomic E-state index is 12.3. The molecule has 4 rings (SSSR count). The largest absolute Gasteiger partial charge is 0.459 e. The number of halogens is 1. The summed E-state index contributed by atoms with van der Waals surface area (Å²) in [7, 11) is 0. The van der Waals surface area contributed by atoms with Crippen LogP contribution in [0.3, 0.4) is 0 Å². The molecule has 1 aliphatic heterocycles. The summed E-state index contributed by atoms with van der Waals surface area (Å²) in [5, 5.41) is 2.98. The SMILES string of the molecule is O=C1NC(=Nc2ccccc2)SC1c1ccc(-c2ccc(Br)cc2)o1. The number of carbonyl (C=O) groups is 1. The molecular weight excluding hydrogens is 400 g/mol. The summed E-state index contributed by atoms with van der Waals surface area (Å²) in [5.74, 6) is 1.25. The lowest BCUT2D eigenvalue weighted by molar-refractivity contribution is -0.119. The van der Waals surface area contributed by atoms with E-state index in [1.54, 1.807) is 0 Å². The van der Waals surface area contributed by atoms with E-state index in [0.717, 1.165) is 21.5 Å². The molecule has 1 fully saturated rings. The van der Waals surface area contributed by atoms with E-state index in [2.05, 4.69) is 26.2 Å². The Kier molecular flexibility index (Phi) is 4.46. The van der Waals surface area contributed by atoms with Gasteiger partial charge in [0.05, 0.1) is 5.69 Å². The first-order chi connectivity index (χ1) is 12.2. The molecular formula is C19H13BrN2O2S. The molecule has 0 bridgehead atoms. The van der Waals surface area contributed by atoms with Crippen molar-refractivity contribution >= 4 is 44.5 Å². The number of amidine groups is 1. The van der Waals surface area contributed by atoms with Gasteiger partial charge in [-0.05, 0) is 36.4 Å². The topological polar surface area (TPSA) is 54.6 Å². The molecule has 1 aromatic heterocycles. The molecule has 1 N–H and O–H groups in total. The second-order valence-corrected chi connectivity index (χ2v) is 7.46. The minimum Gasteiger partial charge on any atom is -0.459 e. The summed E-state index contributed by atoms with van der Waals surface area (Å²) in [6.45, 7) is 0. The number of amides is 1. The quantitative estimate of drug-likeness (QED) is 0.634. The van der Waals surface area contributed by atoms with E-state index >= 15 is 0 Å². The van der Waals surface area contributed by atoms with Crippen molar-refractivity contribution in [2.75, 3.05) is 0 Å². The fourth-order valence-electron chi connectivity index (χ4n) is 2.49. The third-order valence-electron chi connectivity index (χ3n) is 3.70. The zero-order chi connectivity index (χ0) is 17.2. The van der Waals surface area contributed by atoms with Gasteiger partial charge in [0.1, 0.15) is 16.8 Å². The molecule has 0 aliphatic carbocycles. The molecule has 124 valence electrons. The van der Waals surface area contributed by atoms with Gasteiger partial charge < -0.3 is 9.73 Å². The predicted octanol–water partition coefficient (Wildman–Crippen LogP) is 5.30. The molecule has 3 aromatic rings. The Balaban J connectivity index is 1.55. The monoisotopic (exact) mass is 412 g/mol. The van der Waals surface area contributed by atoms with E-state index in [0.29, 0.717) is 10.9 Å². The maximum Gasteiger partial charge on any atom is 0.247 e. The fraction of sp³-hybridized carbons (Fsp3) is 0.0526. The van der Waals surface area contributed by atoms with Crippen LogP contribution in [-0.4, -0.2) is 11.1 Å². The Morgan fingerprint density at radius 2 is 1.76 bits per heavy atom. The second-order valence-electron chi connectivity index (χ2n) is 5.45. The highest BCUT2D eigenvalue weighted by Gasteiger charge is 2.34. The Morgan fingerprint density at radius 1 is 1.00 bits per heavy atom. The van der Waals surface area contributed by atoms with Crippen LogP contribution in [0.4, 0.5) is 5.69 Å². The summed E-state index contributed by atoms with van der Waals surface area (Å²) in [4.78, 5) is 16.7. The Bertz CT molecular complexity index is 936. The van der Waals surface area contributed by atoms with Gasteiger partial charge in [0.2, 0.25) is 5.91 Å². The highest BCUT2D eigenvalue weighted by atomic mass is 79.9. The van der Waals surface area contributed by atoms with E-state index in [9.17, 15) is 4.79 Å². The number of aliphatic imine (C=N–C) groups is 1. The van der Waals surface area contributed by atoms with E-state index in [4.69, 9.17) is 4.42 Å². The van der Waals surface area contributed by atoms with Crippen molar-refractivity contribution in [2.24, 2.45) is 4.99 Å². The number of nitrogens with zero attached hydrogens (tertiary/aromatic N) is 1. The lowest BCUT2D eigenvalue weighted by atomic mass is 10.2. The molecule has 25 heavy (non-hydrogen) atoms. The van der Waals surface area contributed by atoms with Crippen LogP contribution in [0, 0.1) is 0 Å². The van der Waals surface area contributed by atoms with Gasteiger partial charge in [0, 0.05) is 10.0 Å². The van der Waals surface area contributed by atoms with Crippen molar-refractivity contribution in [3.05, 3.63) is 77.0 Å². The molecule has 2 heterocycles. The van der Waals surface area contributed by atoms with Gasteiger partial charge in [-0.2, -0.15) is 0 Å². The minimum atomic E-state index is -0.424. The van der Waals surface area contributed by atoms with Crippen molar-refractivity contribution < 1.29 is 9.21 Å². The summed E-state index contributed by atoms with van der Waals surface area (Å²) < 4.78 is 6.92. The third kappa shape index (κ3) is 3.55. The van der Waals surface area contributed by atoms with Gasteiger partial charge in [-0.1, -0.05) is 58.0 Å². The van der Waals surface area contributed by atoms with Crippen LogP contribution >= 0.6 is 27.7 Å². The molecule has 1 saturated heterocycles. The summed E-state index contributed by atoms with van der Waals surface area (Å²) in [6.07, 6.45) is 0. The van der Waals surface area contributed by atoms with Crippen LogP contribution in [0.1, 0.15) is 11.0 Å². The molecule has 0 radical (unpaired) electrons. The first-order valence-corrected chi connectivity index (χ1v) is 9.33. The van der Waals surface area contributed by atoms with Crippen LogP contribution in [0.15, 0.2) is 80.6 Å². The average Bonchev–Trinajstić information content (AvgIpc) is 3.23. The van der Waals surface area contributed by atoms with Crippen LogP contribution in [-0.2, 0) is 4.79 Å². The molecule has 1 amide bonds. The number of hydrogen-bond donors (Lipinski definition) is 1. The number of thioether (sulfide) groups is 1. The molecule has 1 atom stereocenters. The van der Waals surface area contributed by atoms with Gasteiger partial charge in [0.25, 0.3) is 0 Å². The number of rotatable bonds is 3. The molecule has 1 unspecified atom stereocenters. The van der Waals surface area contributed by atoms with Gasteiger partial charge in [-0.3, -0.25) is 4.79 Å². The number of para-hydroxylation sites is 1. The van der Waals surface area contributed by atoms with Crippen molar-refractivity contribution in [2.45, 2.75) is 5.25 Å². The van der Waals surface area contributed by atoms with Crippen molar-refractivity contribution in [3.8, 4) is 11.3 Å². The van der Waals surface area contributed by atoms with Crippen LogP contribution < -0.4 is 5.32 Å². The lowest BCUT2D eigenvalue weighted by Gasteiger charge is -2.01. The summed E-state index contributed by atoms with van der Waals surface area (Å²) >= 11 is 4.78. The molecule has 1 aliphatic rings. The Hall–Kier alpha value is -2.31. The first-order valence-electron chi connectivity index (χ1n) is 7.66. The summed E-state index contributed by atoms with van der Waals surface area (Å²) in [6, 6.07) is 21.1. The maximum atomic E-state index is 12.3. The van der Waals surface area contributed by atoms with Crippen molar-refractivity contribution in [1.29, 1.82) is 0 Å². The normalized spacial score (nSPS) is 18.5. The van der Waals surface area contributed by atoms with E-state index in [1.807, 2.05) is 66.7 Å². The smallest absolute Gasteiger partial charge is 0.247 e. The third-order valence-corrected chi connectivity index (χ3v) is 5.33. The number of hydrogen-bond acceptors (Lipinski definition) is 4. The molecule has 0 saturated carbocycles. The molecule has 6 heteroatoms. The lowest BCUT2D eigenvalue weighted by Crippen LogP contribution is -2.21. The molecule has 2 aromatic carbocycles. The molecule has 4 nitrogen and oxygen atoms in total. The van der Waals surface area contributed by atoms with Gasteiger partial charge in [0.15, 0.2) is 5.17 Å². The van der Waals surface area contributed by atoms with E-state index < -0.39 is 5.25 Å².